The predicted molar refractivity (Wildman–Crippen MR) is 74.1 cm³/mol. The Morgan fingerprint density at radius 3 is 2.55 bits per heavy atom. The van der Waals surface area contributed by atoms with E-state index in [-0.39, 0.29) is 21.2 Å². The molecule has 2 fully saturated rings. The van der Waals surface area contributed by atoms with Gasteiger partial charge in [0, 0.05) is 0 Å². The number of fused-ring (bicyclic) bond motifs is 1. The number of rotatable bonds is 4. The van der Waals surface area contributed by atoms with Crippen LogP contribution in [0.2, 0.25) is 0 Å². The van der Waals surface area contributed by atoms with Gasteiger partial charge in [-0.1, -0.05) is 0 Å². The minimum atomic E-state index is 0.0190. The molecule has 2 aliphatic rings. The summed E-state index contributed by atoms with van der Waals surface area (Å²) < 4.78 is 8.28. The standard InChI is InChI=1S/C17H17INO/c1-2-5-15(6-3-1)20-17-16(7-4-8-19-17)18-14-10-12-9-13(12)11-14/h1-8,12-14H,9-11H2/q-1. The number of alkyl halides is 1. The molecule has 1 aromatic heterocycles. The fourth-order valence-electron chi connectivity index (χ4n) is 3.03. The Labute approximate surface area is 129 Å². The molecule has 0 saturated heterocycles. The van der Waals surface area contributed by atoms with E-state index in [2.05, 4.69) is 11.1 Å². The Kier molecular flexibility index (Phi) is 3.38. The maximum absolute atomic E-state index is 5.97. The quantitative estimate of drug-likeness (QED) is 0.584. The number of hydrogen-bond acceptors (Lipinski definition) is 2. The van der Waals surface area contributed by atoms with Crippen molar-refractivity contribution in [3.63, 3.8) is 0 Å². The first kappa shape index (κ1) is 12.6. The van der Waals surface area contributed by atoms with Gasteiger partial charge in [-0.05, 0) is 0 Å². The number of halogens is 1. The van der Waals surface area contributed by atoms with Gasteiger partial charge >= 0.3 is 130 Å². The summed E-state index contributed by atoms with van der Waals surface area (Å²) >= 11 is 0.0190. The van der Waals surface area contributed by atoms with E-state index < -0.39 is 0 Å². The van der Waals surface area contributed by atoms with Crippen LogP contribution >= 0.6 is 0 Å². The van der Waals surface area contributed by atoms with Crippen molar-refractivity contribution in [2.75, 3.05) is 0 Å². The van der Waals surface area contributed by atoms with Crippen LogP contribution in [0.1, 0.15) is 19.3 Å². The van der Waals surface area contributed by atoms with E-state index in [0.717, 1.165) is 27.4 Å². The first-order chi connectivity index (χ1) is 9.88. The average molecular weight is 378 g/mol. The second-order valence-corrected chi connectivity index (χ2v) is 9.19. The van der Waals surface area contributed by atoms with Crippen LogP contribution in [-0.2, 0) is 0 Å². The van der Waals surface area contributed by atoms with Crippen molar-refractivity contribution in [2.45, 2.75) is 23.2 Å². The zero-order valence-corrected chi connectivity index (χ0v) is 13.4. The van der Waals surface area contributed by atoms with Crippen molar-refractivity contribution in [3.05, 3.63) is 52.2 Å². The van der Waals surface area contributed by atoms with Crippen LogP contribution in [0, 0.1) is 15.4 Å². The summed E-state index contributed by atoms with van der Waals surface area (Å²) in [4.78, 5) is 4.45. The molecule has 3 heteroatoms. The van der Waals surface area contributed by atoms with Gasteiger partial charge in [0.05, 0.1) is 0 Å². The molecule has 20 heavy (non-hydrogen) atoms. The van der Waals surface area contributed by atoms with Crippen LogP contribution in [-0.4, -0.2) is 8.91 Å². The summed E-state index contributed by atoms with van der Waals surface area (Å²) in [6.45, 7) is 0. The van der Waals surface area contributed by atoms with E-state index in [9.17, 15) is 0 Å². The number of para-hydroxylation sites is 1. The first-order valence-electron chi connectivity index (χ1n) is 7.20. The molecule has 0 aliphatic heterocycles. The third-order valence-corrected chi connectivity index (χ3v) is 7.53. The molecular formula is C17H17INO-. The van der Waals surface area contributed by atoms with Crippen LogP contribution in [0.4, 0.5) is 0 Å². The SMILES string of the molecule is c1ccc(Oc2ncccc2[I-]C2CC3CC3C2)cc1. The number of nitrogens with zero attached hydrogens (tertiary/aromatic N) is 1. The number of pyridine rings is 1. The summed E-state index contributed by atoms with van der Waals surface area (Å²) in [5.41, 5.74) is 0. The molecule has 1 heterocycles. The second-order valence-electron chi connectivity index (χ2n) is 5.64. The van der Waals surface area contributed by atoms with Gasteiger partial charge in [0.1, 0.15) is 0 Å². The van der Waals surface area contributed by atoms with Crippen LogP contribution in [0.3, 0.4) is 0 Å². The van der Waals surface area contributed by atoms with Crippen molar-refractivity contribution in [2.24, 2.45) is 11.8 Å². The Morgan fingerprint density at radius 2 is 1.75 bits per heavy atom. The number of aromatic nitrogens is 1. The van der Waals surface area contributed by atoms with E-state index in [4.69, 9.17) is 4.74 Å². The van der Waals surface area contributed by atoms with Crippen LogP contribution < -0.4 is 25.9 Å². The van der Waals surface area contributed by atoms with E-state index in [1.165, 1.54) is 22.8 Å². The van der Waals surface area contributed by atoms with Crippen LogP contribution in [0.25, 0.3) is 0 Å². The molecule has 2 aliphatic carbocycles. The van der Waals surface area contributed by atoms with Crippen molar-refractivity contribution < 1.29 is 25.9 Å². The molecule has 2 atom stereocenters. The zero-order valence-electron chi connectivity index (χ0n) is 11.2. The predicted octanol–water partition coefficient (Wildman–Crippen LogP) is 0.931. The van der Waals surface area contributed by atoms with E-state index >= 15 is 0 Å². The monoisotopic (exact) mass is 378 g/mol. The van der Waals surface area contributed by atoms with E-state index in [1.807, 2.05) is 42.6 Å². The molecule has 4 rings (SSSR count). The average Bonchev–Trinajstić information content (AvgIpc) is 3.09. The van der Waals surface area contributed by atoms with Gasteiger partial charge in [-0.3, -0.25) is 0 Å². The van der Waals surface area contributed by atoms with Crippen molar-refractivity contribution in [3.8, 4) is 11.6 Å². The number of ether oxygens (including phenoxy) is 1. The Morgan fingerprint density at radius 1 is 0.950 bits per heavy atom. The third-order valence-electron chi connectivity index (χ3n) is 4.14. The molecular weight excluding hydrogens is 361 g/mol. The van der Waals surface area contributed by atoms with Gasteiger partial charge in [0.2, 0.25) is 0 Å². The molecule has 0 bridgehead atoms. The van der Waals surface area contributed by atoms with Gasteiger partial charge < -0.3 is 0 Å². The summed E-state index contributed by atoms with van der Waals surface area (Å²) in [6.07, 6.45) is 6.24. The molecule has 2 unspecified atom stereocenters. The fraction of sp³-hybridized carbons (Fsp3) is 0.353. The first-order valence-corrected chi connectivity index (χ1v) is 9.52. The molecule has 2 saturated carbocycles. The van der Waals surface area contributed by atoms with Crippen LogP contribution in [0.5, 0.6) is 11.6 Å². The van der Waals surface area contributed by atoms with E-state index in [1.54, 1.807) is 0 Å². The van der Waals surface area contributed by atoms with Gasteiger partial charge in [-0.15, -0.1) is 0 Å². The summed E-state index contributed by atoms with van der Waals surface area (Å²) in [5.74, 6) is 3.84. The second kappa shape index (κ2) is 5.35. The topological polar surface area (TPSA) is 22.1 Å². The number of hydrogen-bond donors (Lipinski definition) is 0. The Hall–Kier alpha value is -1.10. The van der Waals surface area contributed by atoms with Crippen LogP contribution in [0.15, 0.2) is 48.7 Å². The molecule has 1 aromatic carbocycles. The molecule has 2 aromatic rings. The molecule has 0 amide bonds. The molecule has 0 radical (unpaired) electrons. The Balaban J connectivity index is 1.51. The van der Waals surface area contributed by atoms with Gasteiger partial charge in [0.15, 0.2) is 0 Å². The maximum atomic E-state index is 5.97. The molecule has 0 N–H and O–H groups in total. The fourth-order valence-corrected chi connectivity index (χ4v) is 6.72. The normalized spacial score (nSPS) is 27.3. The van der Waals surface area contributed by atoms with Crippen molar-refractivity contribution in [1.29, 1.82) is 0 Å². The van der Waals surface area contributed by atoms with Crippen molar-refractivity contribution >= 4 is 0 Å². The Bertz CT molecular complexity index is 591. The molecule has 2 nitrogen and oxygen atoms in total. The molecule has 104 valence electrons. The third kappa shape index (κ3) is 2.68. The summed E-state index contributed by atoms with van der Waals surface area (Å²) in [7, 11) is 0. The zero-order chi connectivity index (χ0) is 13.4. The van der Waals surface area contributed by atoms with Gasteiger partial charge in [0.25, 0.3) is 0 Å². The minimum absolute atomic E-state index is 0.0190. The number of benzene rings is 1. The van der Waals surface area contributed by atoms with Crippen molar-refractivity contribution in [1.82, 2.24) is 4.98 Å². The molecule has 0 spiro atoms. The van der Waals surface area contributed by atoms with Gasteiger partial charge in [-0.25, -0.2) is 0 Å². The van der Waals surface area contributed by atoms with Gasteiger partial charge in [-0.2, -0.15) is 0 Å². The van der Waals surface area contributed by atoms with E-state index in [0.29, 0.717) is 0 Å². The summed E-state index contributed by atoms with van der Waals surface area (Å²) in [5, 5.41) is 0. The summed E-state index contributed by atoms with van der Waals surface area (Å²) in [6, 6.07) is 14.2.